The van der Waals surface area contributed by atoms with Crippen molar-refractivity contribution in [2.75, 3.05) is 0 Å². The summed E-state index contributed by atoms with van der Waals surface area (Å²) in [6.45, 7) is 8.30. The summed E-state index contributed by atoms with van der Waals surface area (Å²) < 4.78 is 0. The SMILES string of the molecule is CC(C)[C@]1(C)CC(=O)N(Cc2csc(C(=O)N[C@@H](C)c3ccccc3)c2)C(=N)N1. The molecule has 3 N–H and O–H groups in total. The highest BCUT2D eigenvalue weighted by Gasteiger charge is 2.40. The molecule has 2 heterocycles. The molecule has 0 bridgehead atoms. The average molecular weight is 413 g/mol. The van der Waals surface area contributed by atoms with Crippen LogP contribution in [0, 0.1) is 11.3 Å². The molecule has 6 nitrogen and oxygen atoms in total. The fourth-order valence-corrected chi connectivity index (χ4v) is 4.09. The number of hydrogen-bond acceptors (Lipinski definition) is 4. The average Bonchev–Trinajstić information content (AvgIpc) is 3.14. The van der Waals surface area contributed by atoms with Crippen LogP contribution in [0.2, 0.25) is 0 Å². The molecule has 154 valence electrons. The van der Waals surface area contributed by atoms with E-state index < -0.39 is 5.54 Å². The molecule has 3 rings (SSSR count). The van der Waals surface area contributed by atoms with Gasteiger partial charge < -0.3 is 10.6 Å². The smallest absolute Gasteiger partial charge is 0.261 e. The van der Waals surface area contributed by atoms with Gasteiger partial charge in [0.15, 0.2) is 5.96 Å². The van der Waals surface area contributed by atoms with Crippen LogP contribution in [0.1, 0.15) is 61.0 Å². The van der Waals surface area contributed by atoms with Crippen LogP contribution < -0.4 is 10.6 Å². The van der Waals surface area contributed by atoms with E-state index in [9.17, 15) is 9.59 Å². The van der Waals surface area contributed by atoms with E-state index in [1.807, 2.05) is 63.4 Å². The fourth-order valence-electron chi connectivity index (χ4n) is 3.29. The maximum Gasteiger partial charge on any atom is 0.261 e. The Morgan fingerprint density at radius 2 is 2.00 bits per heavy atom. The Morgan fingerprint density at radius 1 is 1.31 bits per heavy atom. The molecule has 2 amide bonds. The second kappa shape index (κ2) is 8.37. The van der Waals surface area contributed by atoms with E-state index in [4.69, 9.17) is 5.41 Å². The molecule has 1 aromatic heterocycles. The topological polar surface area (TPSA) is 85.3 Å². The molecule has 1 aliphatic heterocycles. The molecule has 2 atom stereocenters. The third kappa shape index (κ3) is 4.67. The van der Waals surface area contributed by atoms with Crippen LogP contribution in [0.3, 0.4) is 0 Å². The normalized spacial score (nSPS) is 20.5. The summed E-state index contributed by atoms with van der Waals surface area (Å²) in [6.07, 6.45) is 0.346. The van der Waals surface area contributed by atoms with Crippen LogP contribution in [0.5, 0.6) is 0 Å². The molecule has 0 aliphatic carbocycles. The van der Waals surface area contributed by atoms with E-state index >= 15 is 0 Å². The molecule has 0 saturated carbocycles. The molecule has 0 radical (unpaired) electrons. The number of carbonyl (C=O) groups is 2. The van der Waals surface area contributed by atoms with Gasteiger partial charge in [0.2, 0.25) is 5.91 Å². The second-order valence-corrected chi connectivity index (χ2v) is 9.04. The van der Waals surface area contributed by atoms with Crippen molar-refractivity contribution in [2.24, 2.45) is 5.92 Å². The molecule has 1 aliphatic rings. The monoisotopic (exact) mass is 412 g/mol. The predicted octanol–water partition coefficient (Wildman–Crippen LogP) is 3.91. The Morgan fingerprint density at radius 3 is 2.62 bits per heavy atom. The number of benzene rings is 1. The van der Waals surface area contributed by atoms with Crippen molar-refractivity contribution in [1.82, 2.24) is 15.5 Å². The molecule has 2 aromatic rings. The Labute approximate surface area is 175 Å². The van der Waals surface area contributed by atoms with Gasteiger partial charge in [0.05, 0.1) is 23.9 Å². The number of rotatable bonds is 6. The van der Waals surface area contributed by atoms with E-state index in [-0.39, 0.29) is 36.3 Å². The van der Waals surface area contributed by atoms with Crippen molar-refractivity contribution in [3.05, 3.63) is 57.8 Å². The highest BCUT2D eigenvalue weighted by Crippen LogP contribution is 2.27. The lowest BCUT2D eigenvalue weighted by molar-refractivity contribution is -0.131. The zero-order valence-corrected chi connectivity index (χ0v) is 18.1. The third-order valence-electron chi connectivity index (χ3n) is 5.63. The van der Waals surface area contributed by atoms with Gasteiger partial charge in [-0.15, -0.1) is 11.3 Å². The summed E-state index contributed by atoms with van der Waals surface area (Å²) in [4.78, 5) is 27.3. The lowest BCUT2D eigenvalue weighted by Crippen LogP contribution is -2.62. The first-order chi connectivity index (χ1) is 13.7. The summed E-state index contributed by atoms with van der Waals surface area (Å²) in [7, 11) is 0. The molecule has 29 heavy (non-hydrogen) atoms. The van der Waals surface area contributed by atoms with Gasteiger partial charge in [0, 0.05) is 5.54 Å². The highest BCUT2D eigenvalue weighted by atomic mass is 32.1. The zero-order valence-electron chi connectivity index (χ0n) is 17.3. The van der Waals surface area contributed by atoms with Gasteiger partial charge in [-0.3, -0.25) is 19.9 Å². The van der Waals surface area contributed by atoms with Crippen LogP contribution >= 0.6 is 11.3 Å². The van der Waals surface area contributed by atoms with Crippen molar-refractivity contribution < 1.29 is 9.59 Å². The summed E-state index contributed by atoms with van der Waals surface area (Å²) in [5.74, 6) is 0.146. The van der Waals surface area contributed by atoms with Crippen molar-refractivity contribution >= 4 is 29.1 Å². The van der Waals surface area contributed by atoms with Gasteiger partial charge in [-0.25, -0.2) is 0 Å². The van der Waals surface area contributed by atoms with Crippen LogP contribution in [-0.4, -0.2) is 28.2 Å². The standard InChI is InChI=1S/C22H28N4O2S/c1-14(2)22(4)11-19(27)26(21(23)25-22)12-16-10-18(29-13-16)20(28)24-15(3)17-8-6-5-7-9-17/h5-10,13-15H,11-12H2,1-4H3,(H2,23,25)(H,24,28)/t15-,22-/m0/s1. The summed E-state index contributed by atoms with van der Waals surface area (Å²) in [5.41, 5.74) is 1.49. The van der Waals surface area contributed by atoms with Gasteiger partial charge in [0.1, 0.15) is 0 Å². The lowest BCUT2D eigenvalue weighted by Gasteiger charge is -2.43. The molecule has 1 fully saturated rings. The Balaban J connectivity index is 1.64. The Bertz CT molecular complexity index is 889. The molecular weight excluding hydrogens is 384 g/mol. The quantitative estimate of drug-likeness (QED) is 0.672. The third-order valence-corrected chi connectivity index (χ3v) is 6.61. The van der Waals surface area contributed by atoms with E-state index in [1.165, 1.54) is 16.2 Å². The van der Waals surface area contributed by atoms with E-state index in [0.29, 0.717) is 11.3 Å². The number of nitrogens with zero attached hydrogens (tertiary/aromatic N) is 1. The number of amides is 2. The van der Waals surface area contributed by atoms with Crippen molar-refractivity contribution in [3.8, 4) is 0 Å². The summed E-state index contributed by atoms with van der Waals surface area (Å²) >= 11 is 1.35. The van der Waals surface area contributed by atoms with Gasteiger partial charge in [-0.1, -0.05) is 44.2 Å². The first-order valence-corrected chi connectivity index (χ1v) is 10.7. The molecule has 1 aromatic carbocycles. The van der Waals surface area contributed by atoms with Crippen LogP contribution in [-0.2, 0) is 11.3 Å². The summed E-state index contributed by atoms with van der Waals surface area (Å²) in [5, 5.41) is 16.3. The number of hydrogen-bond donors (Lipinski definition) is 3. The van der Waals surface area contributed by atoms with E-state index in [1.54, 1.807) is 6.07 Å². The van der Waals surface area contributed by atoms with E-state index in [2.05, 4.69) is 10.6 Å². The molecule has 0 unspecified atom stereocenters. The largest absolute Gasteiger partial charge is 0.350 e. The van der Waals surface area contributed by atoms with Crippen LogP contribution in [0.15, 0.2) is 41.8 Å². The Kier molecular flexibility index (Phi) is 6.07. The Hall–Kier alpha value is -2.67. The predicted molar refractivity (Wildman–Crippen MR) is 116 cm³/mol. The minimum atomic E-state index is -0.405. The van der Waals surface area contributed by atoms with E-state index in [0.717, 1.165) is 11.1 Å². The number of guanidine groups is 1. The first kappa shape index (κ1) is 21.0. The summed E-state index contributed by atoms with van der Waals surface area (Å²) in [6, 6.07) is 11.5. The van der Waals surface area contributed by atoms with Crippen molar-refractivity contribution in [3.63, 3.8) is 0 Å². The molecule has 0 spiro atoms. The van der Waals surface area contributed by atoms with Gasteiger partial charge in [0.25, 0.3) is 5.91 Å². The minimum absolute atomic E-state index is 0.0696. The highest BCUT2D eigenvalue weighted by molar-refractivity contribution is 7.12. The maximum atomic E-state index is 12.6. The van der Waals surface area contributed by atoms with Gasteiger partial charge >= 0.3 is 0 Å². The fraction of sp³-hybridized carbons (Fsp3) is 0.409. The van der Waals surface area contributed by atoms with Crippen LogP contribution in [0.25, 0.3) is 0 Å². The van der Waals surface area contributed by atoms with Gasteiger partial charge in [-0.05, 0) is 42.3 Å². The number of nitrogens with one attached hydrogen (secondary N) is 3. The lowest BCUT2D eigenvalue weighted by atomic mass is 9.83. The molecule has 7 heteroatoms. The second-order valence-electron chi connectivity index (χ2n) is 8.13. The van der Waals surface area contributed by atoms with Gasteiger partial charge in [-0.2, -0.15) is 0 Å². The molecular formula is C22H28N4O2S. The number of carbonyl (C=O) groups excluding carboxylic acids is 2. The maximum absolute atomic E-state index is 12.6. The molecule has 1 saturated heterocycles. The first-order valence-electron chi connectivity index (χ1n) is 9.80. The number of thiophene rings is 1. The van der Waals surface area contributed by atoms with Crippen molar-refractivity contribution in [1.29, 1.82) is 5.41 Å². The van der Waals surface area contributed by atoms with Crippen molar-refractivity contribution in [2.45, 2.75) is 52.2 Å². The van der Waals surface area contributed by atoms with Crippen LogP contribution in [0.4, 0.5) is 0 Å². The minimum Gasteiger partial charge on any atom is -0.350 e. The zero-order chi connectivity index (χ0) is 21.2.